The molecule has 0 amide bonds. The summed E-state index contributed by atoms with van der Waals surface area (Å²) in [5.41, 5.74) is 1.75. The number of hydrogen-bond donors (Lipinski definition) is 0. The standard InChI is InChI=1S/C26H24P2.2C24H13.2Au/c1-5-13-23(14-6-1)27(24-15-7-2-8-16-24)21-22-28(25-17-9-3-10-18-25)26-19-11-4-12-20-26;2*1-2-22-23-14-18-9-5-3-7-16(18)11-20(23)13-21-12-17-8-4-6-10-19(17)15-24(21)22;;/h1-20H,21-22H2;2*3-15H;;/q;2*-1;2*+1/p+2. The maximum atomic E-state index is 7.87. The van der Waals surface area contributed by atoms with Gasteiger partial charge in [0.2, 0.25) is 0 Å². The summed E-state index contributed by atoms with van der Waals surface area (Å²) in [6, 6.07) is 100.0. The topological polar surface area (TPSA) is 0 Å². The van der Waals surface area contributed by atoms with Crippen LogP contribution in [0, 0.1) is 24.7 Å². The van der Waals surface area contributed by atoms with E-state index in [2.05, 4.69) is 291 Å². The van der Waals surface area contributed by atoms with Gasteiger partial charge in [-0.3, -0.25) is 11.8 Å². The molecule has 378 valence electrons. The molecular weight excluding hydrogens is 1340 g/mol. The average Bonchev–Trinajstić information content (AvgIpc) is 3.52. The largest absolute Gasteiger partial charge is 1.00 e. The molecule has 4 heteroatoms. The van der Waals surface area contributed by atoms with Crippen molar-refractivity contribution in [3.63, 3.8) is 0 Å². The van der Waals surface area contributed by atoms with Gasteiger partial charge >= 0.3 is 44.8 Å². The summed E-state index contributed by atoms with van der Waals surface area (Å²) in [5.74, 6) is 5.38. The fourth-order valence-corrected chi connectivity index (χ4v) is 17.2. The summed E-state index contributed by atoms with van der Waals surface area (Å²) in [6.45, 7) is 0. The minimum Gasteiger partial charge on any atom is -0.366 e. The zero-order chi connectivity index (χ0) is 51.2. The van der Waals surface area contributed by atoms with Crippen molar-refractivity contribution in [3.8, 4) is 11.8 Å². The van der Waals surface area contributed by atoms with Crippen LogP contribution in [-0.2, 0) is 44.8 Å². The maximum Gasteiger partial charge on any atom is 1.00 e. The van der Waals surface area contributed by atoms with Crippen LogP contribution in [0.25, 0.3) is 86.2 Å². The molecule has 78 heavy (non-hydrogen) atoms. The second kappa shape index (κ2) is 25.0. The Kier molecular flexibility index (Phi) is 17.3. The molecule has 0 bridgehead atoms. The molecule has 0 saturated carbocycles. The Bertz CT molecular complexity index is 3930. The molecule has 0 atom stereocenters. The van der Waals surface area contributed by atoms with E-state index in [1.165, 1.54) is 76.6 Å². The molecule has 14 rings (SSSR count). The summed E-state index contributed by atoms with van der Waals surface area (Å²) in [6.07, 6.45) is 18.3. The first-order valence-corrected chi connectivity index (χ1v) is 29.3. The van der Waals surface area contributed by atoms with Crippen LogP contribution in [0.4, 0.5) is 0 Å². The van der Waals surface area contributed by atoms with Crippen molar-refractivity contribution < 1.29 is 44.8 Å². The Morgan fingerprint density at radius 3 is 0.615 bits per heavy atom. The van der Waals surface area contributed by atoms with Crippen LogP contribution in [-0.4, -0.2) is 12.3 Å². The van der Waals surface area contributed by atoms with Crippen LogP contribution in [0.1, 0.15) is 11.1 Å². The van der Waals surface area contributed by atoms with E-state index < -0.39 is 15.8 Å². The van der Waals surface area contributed by atoms with E-state index in [9.17, 15) is 0 Å². The van der Waals surface area contributed by atoms with Crippen LogP contribution >= 0.6 is 15.8 Å². The summed E-state index contributed by atoms with van der Waals surface area (Å²) in [4.78, 5) is 0. The maximum absolute atomic E-state index is 7.87. The number of rotatable bonds is 7. The zero-order valence-electron chi connectivity index (χ0n) is 42.6. The average molecular weight is 1400 g/mol. The van der Waals surface area contributed by atoms with Gasteiger partial charge in [-0.15, -0.1) is 11.1 Å². The van der Waals surface area contributed by atoms with Crippen LogP contribution < -0.4 is 21.2 Å². The molecule has 0 heterocycles. The van der Waals surface area contributed by atoms with Crippen molar-refractivity contribution >= 4 is 123 Å². The molecule has 0 aliphatic carbocycles. The van der Waals surface area contributed by atoms with Crippen molar-refractivity contribution in [2.24, 2.45) is 0 Å². The normalized spacial score (nSPS) is 10.9. The van der Waals surface area contributed by atoms with E-state index in [4.69, 9.17) is 12.8 Å². The molecule has 0 nitrogen and oxygen atoms in total. The van der Waals surface area contributed by atoms with Crippen molar-refractivity contribution in [2.75, 3.05) is 12.3 Å². The molecular formula is C74H52Au2P2+2. The molecule has 0 unspecified atom stereocenters. The molecule has 0 N–H and O–H groups in total. The summed E-state index contributed by atoms with van der Waals surface area (Å²) in [7, 11) is -1.57. The molecule has 0 fully saturated rings. The van der Waals surface area contributed by atoms with E-state index in [1.807, 2.05) is 0 Å². The Balaban J connectivity index is 0.000000131. The van der Waals surface area contributed by atoms with Crippen molar-refractivity contribution in [2.45, 2.75) is 0 Å². The molecule has 0 aliphatic heterocycles. The van der Waals surface area contributed by atoms with Gasteiger partial charge in [0, 0.05) is 0 Å². The summed E-state index contributed by atoms with van der Waals surface area (Å²) < 4.78 is 0. The van der Waals surface area contributed by atoms with Crippen molar-refractivity contribution in [3.05, 3.63) is 303 Å². The van der Waals surface area contributed by atoms with Crippen LogP contribution in [0.3, 0.4) is 0 Å². The third kappa shape index (κ3) is 11.4. The molecule has 0 radical (unpaired) electrons. The minimum atomic E-state index is -0.783. The Labute approximate surface area is 491 Å². The minimum absolute atomic E-state index is 0. The molecule has 0 saturated heterocycles. The Morgan fingerprint density at radius 2 is 0.410 bits per heavy atom. The third-order valence-corrected chi connectivity index (χ3v) is 20.9. The fraction of sp³-hybridized carbons (Fsp3) is 0.0270. The van der Waals surface area contributed by atoms with Crippen molar-refractivity contribution in [1.29, 1.82) is 0 Å². The number of hydrogen-bond acceptors (Lipinski definition) is 0. The first-order chi connectivity index (χ1) is 37.6. The predicted molar refractivity (Wildman–Crippen MR) is 336 cm³/mol. The SMILES string of the molecule is [Au+].[Au+].[C-]#Cc1c2cc3ccccc3cc2cc2cc3ccccc3cc12.[C-]#Cc1c2cc3ccccc3cc2cc2cc3ccccc3cc12.c1ccc([PH+](CC[PH+](c2ccccc2)c2ccccc2)c2ccccc2)cc1. The molecule has 0 aromatic heterocycles. The van der Waals surface area contributed by atoms with Gasteiger partial charge in [0.25, 0.3) is 0 Å². The van der Waals surface area contributed by atoms with Gasteiger partial charge in [0.05, 0.1) is 37.1 Å². The van der Waals surface area contributed by atoms with Crippen LogP contribution in [0.2, 0.25) is 0 Å². The van der Waals surface area contributed by atoms with Gasteiger partial charge < -0.3 is 12.8 Å². The molecule has 14 aromatic carbocycles. The van der Waals surface area contributed by atoms with E-state index in [-0.39, 0.29) is 44.8 Å². The predicted octanol–water partition coefficient (Wildman–Crippen LogP) is 17.2. The van der Waals surface area contributed by atoms with E-state index in [1.54, 1.807) is 0 Å². The smallest absolute Gasteiger partial charge is 0.366 e. The van der Waals surface area contributed by atoms with Gasteiger partial charge in [0.1, 0.15) is 12.3 Å². The first kappa shape index (κ1) is 54.0. The summed E-state index contributed by atoms with van der Waals surface area (Å²) in [5, 5.41) is 24.7. The van der Waals surface area contributed by atoms with Gasteiger partial charge in [-0.25, -0.2) is 0 Å². The molecule has 14 aromatic rings. The number of benzene rings is 14. The zero-order valence-corrected chi connectivity index (χ0v) is 48.9. The first-order valence-electron chi connectivity index (χ1n) is 25.9. The van der Waals surface area contributed by atoms with Gasteiger partial charge in [-0.05, 0) is 150 Å². The van der Waals surface area contributed by atoms with E-state index in [0.29, 0.717) is 0 Å². The van der Waals surface area contributed by atoms with Crippen LogP contribution in [0.5, 0.6) is 0 Å². The second-order valence-corrected chi connectivity index (χ2v) is 24.6. The Morgan fingerprint density at radius 1 is 0.231 bits per heavy atom. The van der Waals surface area contributed by atoms with Crippen molar-refractivity contribution in [1.82, 2.24) is 0 Å². The van der Waals surface area contributed by atoms with E-state index in [0.717, 1.165) is 54.2 Å². The number of fused-ring (bicyclic) bond motifs is 8. The van der Waals surface area contributed by atoms with Gasteiger partial charge in [-0.2, -0.15) is 0 Å². The summed E-state index contributed by atoms with van der Waals surface area (Å²) >= 11 is 0. The Hall–Kier alpha value is -7.38. The van der Waals surface area contributed by atoms with Gasteiger partial charge in [-0.1, -0.05) is 216 Å². The second-order valence-electron chi connectivity index (χ2n) is 19.4. The molecule has 0 aliphatic rings. The molecule has 0 spiro atoms. The third-order valence-electron chi connectivity index (χ3n) is 14.7. The van der Waals surface area contributed by atoms with Gasteiger partial charge in [0.15, 0.2) is 0 Å². The fourth-order valence-electron chi connectivity index (χ4n) is 11.0. The quantitative estimate of drug-likeness (QED) is 0.0490. The monoisotopic (exact) mass is 1400 g/mol. The van der Waals surface area contributed by atoms with Crippen LogP contribution in [0.15, 0.2) is 279 Å². The van der Waals surface area contributed by atoms with E-state index >= 15 is 0 Å².